The number of ether oxygens (including phenoxy) is 2. The minimum atomic E-state index is -0.880. The van der Waals surface area contributed by atoms with E-state index in [1.165, 1.54) is 7.11 Å². The van der Waals surface area contributed by atoms with Crippen LogP contribution in [-0.4, -0.2) is 105 Å². The number of amides is 4. The van der Waals surface area contributed by atoms with Gasteiger partial charge in [0.05, 0.1) is 46.8 Å². The maximum Gasteiger partial charge on any atom is 0.251 e. The molecule has 0 spiro atoms. The average molecular weight is 971 g/mol. The van der Waals surface area contributed by atoms with Crippen LogP contribution in [0.1, 0.15) is 118 Å². The monoisotopic (exact) mass is 970 g/mol. The summed E-state index contributed by atoms with van der Waals surface area (Å²) in [5.41, 5.74) is 7.20. The highest BCUT2D eigenvalue weighted by Gasteiger charge is 2.42. The Morgan fingerprint density at radius 3 is 2.49 bits per heavy atom. The lowest BCUT2D eigenvalue weighted by Gasteiger charge is -2.41. The molecule has 3 aromatic heterocycles. The molecule has 368 valence electrons. The number of fused-ring (bicyclic) bond motifs is 3. The van der Waals surface area contributed by atoms with Gasteiger partial charge in [-0.1, -0.05) is 64.8 Å². The predicted molar refractivity (Wildman–Crippen MR) is 266 cm³/mol. The molecule has 3 atom stereocenters. The van der Waals surface area contributed by atoms with Gasteiger partial charge in [0.15, 0.2) is 11.5 Å². The van der Waals surface area contributed by atoms with Gasteiger partial charge in [0.2, 0.25) is 23.7 Å². The zero-order chi connectivity index (χ0) is 49.5. The highest BCUT2D eigenvalue weighted by Crippen LogP contribution is 2.45. The zero-order valence-electron chi connectivity index (χ0n) is 40.7. The van der Waals surface area contributed by atoms with Crippen molar-refractivity contribution in [3.8, 4) is 27.9 Å². The molecule has 4 amide bonds. The van der Waals surface area contributed by atoms with Crippen LogP contribution < -0.4 is 30.9 Å². The first kappa shape index (κ1) is 49.5. The quantitative estimate of drug-likeness (QED) is 0.0657. The lowest BCUT2D eigenvalue weighted by Crippen LogP contribution is -2.58. The Labute approximate surface area is 412 Å². The van der Waals surface area contributed by atoms with Crippen LogP contribution in [0.25, 0.3) is 16.1 Å². The molecular weight excluding hydrogens is 909 g/mol. The fourth-order valence-electron chi connectivity index (χ4n) is 9.70. The van der Waals surface area contributed by atoms with E-state index in [0.717, 1.165) is 71.0 Å². The van der Waals surface area contributed by atoms with Gasteiger partial charge in [0.25, 0.3) is 5.91 Å². The SMILES string of the molecule is CCC1c2c(C#N)ncn2-c2cnc(Nc3ccc(C(=O)NCCCOCC(=O)N[C@H](C(=O)N4CCC[C@H]4C(=O)NCc4ccc(-c5scnc5C)cc4)C(C)(C)C)cc3OC)nc2N1C1CCCC1. The zero-order valence-corrected chi connectivity index (χ0v) is 41.5. The van der Waals surface area contributed by atoms with Gasteiger partial charge < -0.3 is 40.5 Å². The normalized spacial score (nSPS) is 17.0. The van der Waals surface area contributed by atoms with E-state index in [-0.39, 0.29) is 49.6 Å². The number of carbonyl (C=O) groups excluding carboxylic acids is 4. The Morgan fingerprint density at radius 2 is 1.79 bits per heavy atom. The summed E-state index contributed by atoms with van der Waals surface area (Å²) >= 11 is 1.59. The molecule has 3 aliphatic rings. The van der Waals surface area contributed by atoms with Crippen LogP contribution >= 0.6 is 11.3 Å². The van der Waals surface area contributed by atoms with Crippen molar-refractivity contribution in [2.75, 3.05) is 43.6 Å². The molecule has 2 aliphatic heterocycles. The number of hydrogen-bond acceptors (Lipinski definition) is 14. The largest absolute Gasteiger partial charge is 0.495 e. The van der Waals surface area contributed by atoms with Crippen molar-refractivity contribution in [3.05, 3.63) is 88.7 Å². The van der Waals surface area contributed by atoms with Crippen LogP contribution in [0, 0.1) is 23.7 Å². The van der Waals surface area contributed by atoms with Crippen molar-refractivity contribution >= 4 is 52.4 Å². The van der Waals surface area contributed by atoms with Crippen LogP contribution in [0.5, 0.6) is 5.75 Å². The molecule has 5 heterocycles. The van der Waals surface area contributed by atoms with Crippen LogP contribution in [0.15, 0.2) is 60.5 Å². The van der Waals surface area contributed by atoms with Crippen molar-refractivity contribution in [1.29, 1.82) is 5.26 Å². The number of nitrogens with zero attached hydrogens (tertiary/aromatic N) is 8. The summed E-state index contributed by atoms with van der Waals surface area (Å²) in [6.07, 6.45) is 10.2. The first-order valence-corrected chi connectivity index (χ1v) is 25.0. The standard InChI is InChI=1S/C51H62N12O6S/c1-7-38-43-37(25-52)56-29-62(43)40-27-55-50(60-46(40)63(38)35-12-8-9-13-35)58-36-20-19-34(24-41(36)68-6)47(65)53-21-11-23-69-28-42(64)59-45(51(3,4)5)49(67)61-22-10-14-39(61)48(66)54-26-32-15-17-33(18-16-32)44-31(2)57-30-70-44/h15-20,24,27,29-30,35,38-39,45H,7-14,21-23,26,28H2,1-6H3,(H,53,65)(H,54,66)(H,59,64)(H,55,58,60)/t38?,39-,45+/m0/s1. The Bertz CT molecular complexity index is 2740. The molecule has 0 radical (unpaired) electrons. The molecule has 2 fully saturated rings. The number of aryl methyl sites for hydroxylation is 1. The van der Waals surface area contributed by atoms with E-state index in [1.54, 1.807) is 47.0 Å². The van der Waals surface area contributed by atoms with E-state index in [4.69, 9.17) is 14.5 Å². The smallest absolute Gasteiger partial charge is 0.251 e. The molecule has 70 heavy (non-hydrogen) atoms. The van der Waals surface area contributed by atoms with E-state index in [9.17, 15) is 24.4 Å². The second kappa shape index (κ2) is 21.8. The van der Waals surface area contributed by atoms with E-state index >= 15 is 0 Å². The number of carbonyl (C=O) groups is 4. The van der Waals surface area contributed by atoms with Crippen molar-refractivity contribution in [3.63, 3.8) is 0 Å². The summed E-state index contributed by atoms with van der Waals surface area (Å²) in [5, 5.41) is 22.0. The van der Waals surface area contributed by atoms with E-state index in [2.05, 4.69) is 54.1 Å². The third kappa shape index (κ3) is 10.8. The maximum absolute atomic E-state index is 14.0. The molecule has 8 rings (SSSR count). The Kier molecular flexibility index (Phi) is 15.4. The van der Waals surface area contributed by atoms with Crippen LogP contribution in [0.3, 0.4) is 0 Å². The molecule has 0 bridgehead atoms. The number of methoxy groups -OCH3 is 1. The van der Waals surface area contributed by atoms with Crippen LogP contribution in [0.2, 0.25) is 0 Å². The Morgan fingerprint density at radius 1 is 1.00 bits per heavy atom. The number of anilines is 3. The van der Waals surface area contributed by atoms with Gasteiger partial charge in [0, 0.05) is 37.8 Å². The molecule has 1 saturated carbocycles. The second-order valence-electron chi connectivity index (χ2n) is 19.1. The molecule has 5 aromatic rings. The highest BCUT2D eigenvalue weighted by molar-refractivity contribution is 7.13. The number of imidazole rings is 1. The van der Waals surface area contributed by atoms with Crippen LogP contribution in [-0.2, 0) is 25.7 Å². The third-order valence-electron chi connectivity index (χ3n) is 13.3. The second-order valence-corrected chi connectivity index (χ2v) is 19.9. The number of nitrogens with one attached hydrogen (secondary N) is 4. The fraction of sp³-hybridized carbons (Fsp3) is 0.471. The number of nitriles is 1. The van der Waals surface area contributed by atoms with Gasteiger partial charge in [-0.25, -0.2) is 15.0 Å². The van der Waals surface area contributed by atoms with Crippen molar-refractivity contribution in [2.45, 2.75) is 117 Å². The minimum Gasteiger partial charge on any atom is -0.495 e. The van der Waals surface area contributed by atoms with Gasteiger partial charge >= 0.3 is 0 Å². The van der Waals surface area contributed by atoms with Gasteiger partial charge in [0.1, 0.15) is 42.5 Å². The first-order chi connectivity index (χ1) is 33.8. The minimum absolute atomic E-state index is 0.0597. The lowest BCUT2D eigenvalue weighted by atomic mass is 9.85. The summed E-state index contributed by atoms with van der Waals surface area (Å²) in [4.78, 5) is 77.3. The van der Waals surface area contributed by atoms with E-state index in [1.807, 2.05) is 62.0 Å². The number of benzene rings is 2. The molecule has 19 heteroatoms. The number of thiazole rings is 1. The third-order valence-corrected chi connectivity index (χ3v) is 14.3. The van der Waals surface area contributed by atoms with Gasteiger partial charge in [-0.15, -0.1) is 11.3 Å². The molecule has 2 aromatic carbocycles. The molecule has 1 saturated heterocycles. The molecule has 1 aliphatic carbocycles. The number of likely N-dealkylation sites (tertiary alicyclic amines) is 1. The maximum atomic E-state index is 14.0. The summed E-state index contributed by atoms with van der Waals surface area (Å²) in [5.74, 6) is 0.275. The fourth-order valence-corrected chi connectivity index (χ4v) is 10.5. The van der Waals surface area contributed by atoms with E-state index < -0.39 is 23.4 Å². The average Bonchev–Trinajstić information content (AvgIpc) is 4.21. The predicted octanol–water partition coefficient (Wildman–Crippen LogP) is 6.91. The number of hydrogen-bond donors (Lipinski definition) is 4. The summed E-state index contributed by atoms with van der Waals surface area (Å²) in [7, 11) is 1.53. The summed E-state index contributed by atoms with van der Waals surface area (Å²) < 4.78 is 13.3. The van der Waals surface area contributed by atoms with Crippen molar-refractivity contribution < 1.29 is 28.7 Å². The molecular formula is C51H62N12O6S. The Balaban J connectivity index is 0.798. The van der Waals surface area contributed by atoms with Crippen molar-refractivity contribution in [1.82, 2.24) is 45.4 Å². The molecule has 4 N–H and O–H groups in total. The summed E-state index contributed by atoms with van der Waals surface area (Å²) in [6.45, 7) is 10.7. The highest BCUT2D eigenvalue weighted by atomic mass is 32.1. The van der Waals surface area contributed by atoms with Gasteiger partial charge in [-0.3, -0.25) is 23.7 Å². The van der Waals surface area contributed by atoms with Gasteiger partial charge in [-0.2, -0.15) is 10.2 Å². The van der Waals surface area contributed by atoms with E-state index in [0.29, 0.717) is 61.0 Å². The topological polar surface area (TPSA) is 222 Å². The van der Waals surface area contributed by atoms with Gasteiger partial charge in [-0.05, 0) is 80.2 Å². The van der Waals surface area contributed by atoms with Crippen LogP contribution in [0.4, 0.5) is 17.5 Å². The first-order valence-electron chi connectivity index (χ1n) is 24.1. The molecule has 1 unspecified atom stereocenters. The molecule has 18 nitrogen and oxygen atoms in total. The number of aromatic nitrogens is 5. The van der Waals surface area contributed by atoms with Crippen molar-refractivity contribution in [2.24, 2.45) is 5.41 Å². The summed E-state index contributed by atoms with van der Waals surface area (Å²) in [6, 6.07) is 14.1. The lowest BCUT2D eigenvalue weighted by molar-refractivity contribution is -0.144. The number of rotatable bonds is 18. The Hall–Kier alpha value is -6.91.